The minimum absolute atomic E-state index is 0.826. The first-order chi connectivity index (χ1) is 7.27. The molecule has 0 atom stereocenters. The fraction of sp³-hybridized carbons (Fsp3) is 0.0833. The summed E-state index contributed by atoms with van der Waals surface area (Å²) < 4.78 is 0. The van der Waals surface area contributed by atoms with E-state index in [9.17, 15) is 0 Å². The normalized spacial score (nSPS) is 13.5. The van der Waals surface area contributed by atoms with Crippen molar-refractivity contribution in [3.05, 3.63) is 60.0 Å². The molecule has 0 aromatic heterocycles. The van der Waals surface area contributed by atoms with Crippen molar-refractivity contribution in [1.29, 1.82) is 0 Å². The summed E-state index contributed by atoms with van der Waals surface area (Å²) >= 11 is -0.826. The van der Waals surface area contributed by atoms with Gasteiger partial charge in [0.05, 0.1) is 0 Å². The average molecular weight is 317 g/mol. The van der Waals surface area contributed by atoms with Crippen LogP contribution < -0.4 is 0 Å². The molecule has 15 heavy (non-hydrogen) atoms. The molecule has 3 heteroatoms. The van der Waals surface area contributed by atoms with Crippen LogP contribution in [-0.4, -0.2) is 0 Å². The van der Waals surface area contributed by atoms with Gasteiger partial charge in [0.25, 0.3) is 0 Å². The Morgan fingerprint density at radius 3 is 2.13 bits per heavy atom. The standard InChI is InChI=1S/C12H11.2ClH.Zr/c1-10-7-8-12(9-10)11-5-3-2-4-6-11;;;/h2-9H,1H3;2*1H;/q;;;+2/p-2. The molecule has 1 aromatic carbocycles. The van der Waals surface area contributed by atoms with Crippen molar-refractivity contribution in [3.8, 4) is 0 Å². The first-order valence-corrected chi connectivity index (χ1v) is 10.9. The van der Waals surface area contributed by atoms with Crippen LogP contribution in [0.1, 0.15) is 12.5 Å². The third kappa shape index (κ3) is 4.68. The summed E-state index contributed by atoms with van der Waals surface area (Å²) in [7, 11) is 9.87. The van der Waals surface area contributed by atoms with E-state index in [-0.39, 0.29) is 0 Å². The summed E-state index contributed by atoms with van der Waals surface area (Å²) in [6.07, 6.45) is 6.50. The Bertz CT molecular complexity index is 355. The van der Waals surface area contributed by atoms with Gasteiger partial charge in [0.1, 0.15) is 0 Å². The number of rotatable bonds is 1. The molecule has 2 rings (SSSR count). The zero-order chi connectivity index (χ0) is 11.1. The maximum atomic E-state index is 4.93. The van der Waals surface area contributed by atoms with Crippen LogP contribution in [0.5, 0.6) is 0 Å². The number of benzene rings is 1. The summed E-state index contributed by atoms with van der Waals surface area (Å²) in [6.45, 7) is 2.12. The van der Waals surface area contributed by atoms with Crippen molar-refractivity contribution in [2.24, 2.45) is 0 Å². The second kappa shape index (κ2) is 7.44. The van der Waals surface area contributed by atoms with Gasteiger partial charge in [-0.1, -0.05) is 48.1 Å². The van der Waals surface area contributed by atoms with E-state index >= 15 is 0 Å². The summed E-state index contributed by atoms with van der Waals surface area (Å²) in [4.78, 5) is 0. The summed E-state index contributed by atoms with van der Waals surface area (Å²) in [5.74, 6) is 0. The average Bonchev–Trinajstić information content (AvgIpc) is 2.67. The van der Waals surface area contributed by atoms with Gasteiger partial charge >= 0.3 is 37.9 Å². The zero-order valence-electron chi connectivity index (χ0n) is 8.37. The number of halogens is 2. The van der Waals surface area contributed by atoms with Crippen molar-refractivity contribution >= 4 is 22.6 Å². The molecular weight excluding hydrogens is 306 g/mol. The van der Waals surface area contributed by atoms with Gasteiger partial charge in [-0.25, -0.2) is 0 Å². The van der Waals surface area contributed by atoms with Gasteiger partial charge in [-0.2, -0.15) is 0 Å². The Morgan fingerprint density at radius 2 is 1.67 bits per heavy atom. The van der Waals surface area contributed by atoms with Crippen LogP contribution >= 0.6 is 17.0 Å². The molecule has 0 nitrogen and oxygen atoms in total. The molecule has 0 spiro atoms. The Balaban J connectivity index is 0.000000337. The van der Waals surface area contributed by atoms with Crippen LogP contribution in [-0.2, 0) is 20.8 Å². The van der Waals surface area contributed by atoms with Crippen molar-refractivity contribution in [1.82, 2.24) is 0 Å². The van der Waals surface area contributed by atoms with E-state index in [0.29, 0.717) is 0 Å². The molecule has 0 heterocycles. The molecular formula is C12H11Cl2Zr. The van der Waals surface area contributed by atoms with Gasteiger partial charge < -0.3 is 0 Å². The Morgan fingerprint density at radius 1 is 1.07 bits per heavy atom. The number of allylic oxidation sites excluding steroid dienone is 4. The maximum absolute atomic E-state index is 4.93. The van der Waals surface area contributed by atoms with Crippen LogP contribution in [0.3, 0.4) is 0 Å². The van der Waals surface area contributed by atoms with Crippen LogP contribution in [0.4, 0.5) is 0 Å². The molecule has 0 bridgehead atoms. The summed E-state index contributed by atoms with van der Waals surface area (Å²) in [5, 5.41) is 0. The van der Waals surface area contributed by atoms with Crippen LogP contribution in [0, 0.1) is 6.42 Å². The van der Waals surface area contributed by atoms with E-state index in [1.54, 1.807) is 0 Å². The molecule has 0 amide bonds. The second-order valence-corrected chi connectivity index (χ2v) is 6.85. The second-order valence-electron chi connectivity index (χ2n) is 3.11. The molecule has 1 aliphatic rings. The van der Waals surface area contributed by atoms with E-state index in [4.69, 9.17) is 17.0 Å². The predicted molar refractivity (Wildman–Crippen MR) is 64.2 cm³/mol. The van der Waals surface area contributed by atoms with Gasteiger partial charge in [-0.3, -0.25) is 0 Å². The van der Waals surface area contributed by atoms with Crippen molar-refractivity contribution in [3.63, 3.8) is 0 Å². The number of hydrogen-bond donors (Lipinski definition) is 0. The van der Waals surface area contributed by atoms with E-state index < -0.39 is 20.8 Å². The molecule has 1 aliphatic carbocycles. The quantitative estimate of drug-likeness (QED) is 0.709. The summed E-state index contributed by atoms with van der Waals surface area (Å²) in [5.41, 5.74) is 3.94. The molecule has 0 unspecified atom stereocenters. The van der Waals surface area contributed by atoms with Gasteiger partial charge in [0.15, 0.2) is 0 Å². The van der Waals surface area contributed by atoms with Crippen LogP contribution in [0.25, 0.3) is 5.57 Å². The number of hydrogen-bond acceptors (Lipinski definition) is 0. The summed E-state index contributed by atoms with van der Waals surface area (Å²) in [6, 6.07) is 10.4. The Kier molecular flexibility index (Phi) is 6.56. The third-order valence-electron chi connectivity index (χ3n) is 2.02. The minimum atomic E-state index is -0.826. The van der Waals surface area contributed by atoms with Crippen LogP contribution in [0.2, 0.25) is 0 Å². The zero-order valence-corrected chi connectivity index (χ0v) is 12.3. The fourth-order valence-electron chi connectivity index (χ4n) is 1.37. The predicted octanol–water partition coefficient (Wildman–Crippen LogP) is 4.61. The van der Waals surface area contributed by atoms with Gasteiger partial charge in [0, 0.05) is 6.42 Å². The molecule has 0 saturated heterocycles. The van der Waals surface area contributed by atoms with Gasteiger partial charge in [0.2, 0.25) is 0 Å². The molecule has 1 aromatic rings. The van der Waals surface area contributed by atoms with Crippen LogP contribution in [0.15, 0.2) is 48.1 Å². The Labute approximate surface area is 110 Å². The Hall–Kier alpha value is 0.163. The topological polar surface area (TPSA) is 0 Å². The fourth-order valence-corrected chi connectivity index (χ4v) is 1.37. The molecule has 77 valence electrons. The molecule has 1 radical (unpaired) electrons. The first kappa shape index (κ1) is 13.2. The van der Waals surface area contributed by atoms with Gasteiger partial charge in [-0.05, 0) is 18.1 Å². The van der Waals surface area contributed by atoms with E-state index in [1.165, 1.54) is 16.7 Å². The van der Waals surface area contributed by atoms with E-state index in [1.807, 2.05) is 6.07 Å². The van der Waals surface area contributed by atoms with Crippen molar-refractivity contribution < 1.29 is 20.8 Å². The third-order valence-corrected chi connectivity index (χ3v) is 2.02. The first-order valence-electron chi connectivity index (χ1n) is 4.53. The molecule has 0 fully saturated rings. The SMILES string of the molecule is CC1=CC(c2ccccc2)=C[CH]1.[Cl][Zr][Cl]. The van der Waals surface area contributed by atoms with E-state index in [0.717, 1.165) is 0 Å². The van der Waals surface area contributed by atoms with Gasteiger partial charge in [-0.15, -0.1) is 0 Å². The molecule has 0 saturated carbocycles. The monoisotopic (exact) mass is 315 g/mol. The van der Waals surface area contributed by atoms with E-state index in [2.05, 4.69) is 49.8 Å². The van der Waals surface area contributed by atoms with Crippen molar-refractivity contribution in [2.75, 3.05) is 0 Å². The van der Waals surface area contributed by atoms with Crippen molar-refractivity contribution in [2.45, 2.75) is 6.92 Å². The molecule has 0 aliphatic heterocycles. The molecule has 0 N–H and O–H groups in total.